The number of hydrogen-bond acceptors (Lipinski definition) is 4. The van der Waals surface area contributed by atoms with Gasteiger partial charge in [-0.3, -0.25) is 15.3 Å². The molecule has 0 amide bonds. The fraction of sp³-hybridized carbons (Fsp3) is 0. The van der Waals surface area contributed by atoms with Crippen LogP contribution in [0.25, 0.3) is 0 Å². The van der Waals surface area contributed by atoms with Crippen molar-refractivity contribution in [2.45, 2.75) is 9.79 Å². The molecule has 0 heterocycles. The van der Waals surface area contributed by atoms with Crippen LogP contribution in [0.4, 0.5) is 5.69 Å². The molecule has 2 rings (SSSR count). The van der Waals surface area contributed by atoms with Gasteiger partial charge in [-0.1, -0.05) is 18.2 Å². The SMILES string of the molecule is N/S(=N/S(=O)(=O)c1ccccc1)c1ccc([N+](=O)[O-])cc1. The summed E-state index contributed by atoms with van der Waals surface area (Å²) in [7, 11) is -5.27. The molecule has 2 aromatic rings. The second kappa shape index (κ2) is 6.12. The van der Waals surface area contributed by atoms with Crippen LogP contribution < -0.4 is 5.14 Å². The molecule has 2 N–H and O–H groups in total. The van der Waals surface area contributed by atoms with Gasteiger partial charge in [-0.15, -0.1) is 3.77 Å². The molecule has 2 aromatic carbocycles. The van der Waals surface area contributed by atoms with E-state index < -0.39 is 25.8 Å². The summed E-state index contributed by atoms with van der Waals surface area (Å²) in [5.74, 6) is 0. The van der Waals surface area contributed by atoms with Crippen LogP contribution in [0.1, 0.15) is 0 Å². The first-order valence-corrected chi connectivity index (χ1v) is 8.35. The summed E-state index contributed by atoms with van der Waals surface area (Å²) in [4.78, 5) is 10.5. The molecule has 0 aliphatic rings. The van der Waals surface area contributed by atoms with E-state index in [-0.39, 0.29) is 10.6 Å². The third-order valence-corrected chi connectivity index (χ3v) is 5.56. The minimum absolute atomic E-state index is 0.0508. The van der Waals surface area contributed by atoms with Gasteiger partial charge in [-0.2, -0.15) is 8.42 Å². The number of hydrogen-bond donors (Lipinski definition) is 1. The van der Waals surface area contributed by atoms with E-state index >= 15 is 0 Å². The number of benzene rings is 2. The molecule has 0 bridgehead atoms. The van der Waals surface area contributed by atoms with Crippen molar-refractivity contribution in [2.75, 3.05) is 0 Å². The summed E-state index contributed by atoms with van der Waals surface area (Å²) in [6, 6.07) is 13.0. The van der Waals surface area contributed by atoms with Gasteiger partial charge in [-0.25, -0.2) is 0 Å². The van der Waals surface area contributed by atoms with Crippen LogP contribution >= 0.6 is 0 Å². The van der Waals surface area contributed by atoms with Gasteiger partial charge < -0.3 is 0 Å². The van der Waals surface area contributed by atoms with Gasteiger partial charge in [0.1, 0.15) is 0 Å². The molecule has 7 nitrogen and oxygen atoms in total. The number of nitrogens with two attached hydrogens (primary N) is 1. The summed E-state index contributed by atoms with van der Waals surface area (Å²) < 4.78 is 27.7. The minimum atomic E-state index is -3.86. The van der Waals surface area contributed by atoms with E-state index in [0.717, 1.165) is 0 Å². The van der Waals surface area contributed by atoms with Crippen molar-refractivity contribution in [3.63, 3.8) is 0 Å². The smallest absolute Gasteiger partial charge is 0.264 e. The highest BCUT2D eigenvalue weighted by Crippen LogP contribution is 2.17. The summed E-state index contributed by atoms with van der Waals surface area (Å²) >= 11 is 0. The average molecular weight is 325 g/mol. The summed E-state index contributed by atoms with van der Waals surface area (Å²) in [5, 5.41) is 16.3. The molecule has 110 valence electrons. The minimum Gasteiger partial charge on any atom is -0.264 e. The first-order valence-electron chi connectivity index (χ1n) is 5.66. The van der Waals surface area contributed by atoms with Crippen LogP contribution in [0.3, 0.4) is 0 Å². The number of non-ortho nitro benzene ring substituents is 1. The number of nitrogens with zero attached hydrogens (tertiary/aromatic N) is 2. The Morgan fingerprint density at radius 2 is 1.62 bits per heavy atom. The second-order valence-electron chi connectivity index (χ2n) is 3.93. The Balaban J connectivity index is 2.35. The Morgan fingerprint density at radius 1 is 1.05 bits per heavy atom. The summed E-state index contributed by atoms with van der Waals surface area (Å²) in [6.45, 7) is 0. The molecular formula is C12H11N3O4S2. The quantitative estimate of drug-likeness (QED) is 0.682. The van der Waals surface area contributed by atoms with Gasteiger partial charge in [0, 0.05) is 27.9 Å². The molecule has 0 fully saturated rings. The van der Waals surface area contributed by atoms with Crippen molar-refractivity contribution >= 4 is 26.6 Å². The maximum atomic E-state index is 12.0. The van der Waals surface area contributed by atoms with Crippen LogP contribution in [0.2, 0.25) is 0 Å². The van der Waals surface area contributed by atoms with E-state index in [1.54, 1.807) is 18.2 Å². The Labute approximate surface area is 123 Å². The van der Waals surface area contributed by atoms with Gasteiger partial charge in [0.05, 0.1) is 9.82 Å². The van der Waals surface area contributed by atoms with Crippen LogP contribution in [0.5, 0.6) is 0 Å². The Hall–Kier alpha value is -2.10. The van der Waals surface area contributed by atoms with Crippen molar-refractivity contribution in [2.24, 2.45) is 8.91 Å². The predicted molar refractivity (Wildman–Crippen MR) is 79.0 cm³/mol. The van der Waals surface area contributed by atoms with Gasteiger partial charge in [-0.05, 0) is 24.3 Å². The third kappa shape index (κ3) is 3.72. The fourth-order valence-electron chi connectivity index (χ4n) is 1.49. The summed E-state index contributed by atoms with van der Waals surface area (Å²) in [6.07, 6.45) is 0. The molecule has 21 heavy (non-hydrogen) atoms. The molecule has 0 aliphatic carbocycles. The molecule has 0 radical (unpaired) electrons. The van der Waals surface area contributed by atoms with E-state index in [4.69, 9.17) is 5.14 Å². The molecule has 0 aromatic heterocycles. The highest BCUT2D eigenvalue weighted by atomic mass is 32.3. The van der Waals surface area contributed by atoms with Crippen molar-refractivity contribution in [1.82, 2.24) is 0 Å². The van der Waals surface area contributed by atoms with E-state index in [9.17, 15) is 18.5 Å². The van der Waals surface area contributed by atoms with Crippen molar-refractivity contribution in [1.29, 1.82) is 0 Å². The number of nitro groups is 1. The fourth-order valence-corrected chi connectivity index (χ4v) is 3.94. The Morgan fingerprint density at radius 3 is 2.14 bits per heavy atom. The maximum Gasteiger partial charge on any atom is 0.289 e. The Kier molecular flexibility index (Phi) is 4.46. The van der Waals surface area contributed by atoms with Gasteiger partial charge in [0.2, 0.25) is 0 Å². The Bertz CT molecular complexity index is 787. The normalized spacial score (nSPS) is 13.0. The lowest BCUT2D eigenvalue weighted by molar-refractivity contribution is -0.384. The van der Waals surface area contributed by atoms with Crippen molar-refractivity contribution in [3.05, 3.63) is 64.7 Å². The first-order chi connectivity index (χ1) is 9.90. The van der Waals surface area contributed by atoms with E-state index in [2.05, 4.69) is 3.77 Å². The number of rotatable bonds is 4. The lowest BCUT2D eigenvalue weighted by atomic mass is 10.3. The standard InChI is InChI=1S/C12H11N3O4S2/c13-20(11-8-6-10(7-9-11)15(16)17)14-21(18,19)12-4-2-1-3-5-12/h1-9H,(H2,13,14). The van der Waals surface area contributed by atoms with Crippen LogP contribution in [0.15, 0.2) is 68.2 Å². The van der Waals surface area contributed by atoms with Crippen molar-refractivity contribution < 1.29 is 13.3 Å². The molecule has 9 heteroatoms. The zero-order valence-electron chi connectivity index (χ0n) is 10.6. The number of sulfonamides is 1. The topological polar surface area (TPSA) is 116 Å². The van der Waals surface area contributed by atoms with Crippen LogP contribution in [0, 0.1) is 10.1 Å². The predicted octanol–water partition coefficient (Wildman–Crippen LogP) is 2.02. The molecule has 0 aliphatic heterocycles. The highest BCUT2D eigenvalue weighted by Gasteiger charge is 2.13. The lowest BCUT2D eigenvalue weighted by Gasteiger charge is -2.03. The monoisotopic (exact) mass is 325 g/mol. The molecular weight excluding hydrogens is 314 g/mol. The van der Waals surface area contributed by atoms with Crippen molar-refractivity contribution in [3.8, 4) is 0 Å². The van der Waals surface area contributed by atoms with E-state index in [1.165, 1.54) is 36.4 Å². The highest BCUT2D eigenvalue weighted by molar-refractivity contribution is 7.99. The maximum absolute atomic E-state index is 12.0. The van der Waals surface area contributed by atoms with Crippen LogP contribution in [-0.4, -0.2) is 13.3 Å². The zero-order chi connectivity index (χ0) is 15.5. The zero-order valence-corrected chi connectivity index (χ0v) is 12.3. The van der Waals surface area contributed by atoms with Gasteiger partial charge in [0.25, 0.3) is 15.7 Å². The largest absolute Gasteiger partial charge is 0.289 e. The molecule has 0 saturated heterocycles. The molecule has 1 atom stereocenters. The molecule has 1 unspecified atom stereocenters. The van der Waals surface area contributed by atoms with Gasteiger partial charge >= 0.3 is 0 Å². The molecule has 0 spiro atoms. The second-order valence-corrected chi connectivity index (χ2v) is 7.05. The van der Waals surface area contributed by atoms with E-state index in [1.807, 2.05) is 0 Å². The third-order valence-electron chi connectivity index (χ3n) is 2.51. The number of nitro benzene ring substituents is 1. The first kappa shape index (κ1) is 15.3. The van der Waals surface area contributed by atoms with E-state index in [0.29, 0.717) is 4.90 Å². The average Bonchev–Trinajstić information content (AvgIpc) is 2.48. The molecule has 0 saturated carbocycles. The lowest BCUT2D eigenvalue weighted by Crippen LogP contribution is -2.07. The van der Waals surface area contributed by atoms with Gasteiger partial charge in [0.15, 0.2) is 0 Å². The summed E-state index contributed by atoms with van der Waals surface area (Å²) in [5.41, 5.74) is -0.0957. The van der Waals surface area contributed by atoms with Crippen LogP contribution in [-0.2, 0) is 20.9 Å².